The van der Waals surface area contributed by atoms with Crippen molar-refractivity contribution in [2.24, 2.45) is 4.99 Å². The van der Waals surface area contributed by atoms with Crippen LogP contribution in [0.3, 0.4) is 0 Å². The van der Waals surface area contributed by atoms with Crippen LogP contribution in [0.2, 0.25) is 0 Å². The molecule has 1 unspecified atom stereocenters. The van der Waals surface area contributed by atoms with E-state index in [9.17, 15) is 9.59 Å². The minimum absolute atomic E-state index is 0.175. The Kier molecular flexibility index (Phi) is 7.28. The molecule has 0 fully saturated rings. The van der Waals surface area contributed by atoms with E-state index in [0.717, 1.165) is 27.7 Å². The zero-order valence-corrected chi connectivity index (χ0v) is 23.8. The lowest BCUT2D eigenvalue weighted by atomic mass is 9.93. The Morgan fingerprint density at radius 3 is 2.54 bits per heavy atom. The number of esters is 1. The highest BCUT2D eigenvalue weighted by Crippen LogP contribution is 2.32. The maximum atomic E-state index is 14.1. The molecular formula is C32H33N3O3S. The van der Waals surface area contributed by atoms with Gasteiger partial charge in [0, 0.05) is 28.7 Å². The third-order valence-electron chi connectivity index (χ3n) is 7.30. The number of hydrogen-bond donors (Lipinski definition) is 0. The van der Waals surface area contributed by atoms with Crippen LogP contribution in [0.4, 0.5) is 0 Å². The number of thiazole rings is 1. The molecule has 0 radical (unpaired) electrons. The first-order chi connectivity index (χ1) is 18.8. The summed E-state index contributed by atoms with van der Waals surface area (Å²) in [6, 6.07) is 15.7. The summed E-state index contributed by atoms with van der Waals surface area (Å²) in [5.74, 6) is -0.0800. The molecule has 0 aliphatic carbocycles. The van der Waals surface area contributed by atoms with Crippen LogP contribution >= 0.6 is 11.3 Å². The fraction of sp³-hybridized carbons (Fsp3) is 0.281. The predicted molar refractivity (Wildman–Crippen MR) is 158 cm³/mol. The number of nitrogens with zero attached hydrogens (tertiary/aromatic N) is 3. The molecule has 0 saturated carbocycles. The van der Waals surface area contributed by atoms with Crippen LogP contribution in [0, 0.1) is 6.92 Å². The van der Waals surface area contributed by atoms with Crippen molar-refractivity contribution >= 4 is 34.3 Å². The molecule has 0 spiro atoms. The molecule has 7 heteroatoms. The first-order valence-corrected chi connectivity index (χ1v) is 14.1. The third-order valence-corrected chi connectivity index (χ3v) is 8.29. The number of ether oxygens (including phenoxy) is 1. The lowest BCUT2D eigenvalue weighted by molar-refractivity contribution is -0.139. The van der Waals surface area contributed by atoms with Crippen LogP contribution in [-0.4, -0.2) is 21.7 Å². The van der Waals surface area contributed by atoms with Gasteiger partial charge in [-0.05, 0) is 50.0 Å². The molecule has 1 aliphatic rings. The fourth-order valence-corrected chi connectivity index (χ4v) is 6.33. The average molecular weight is 540 g/mol. The van der Waals surface area contributed by atoms with E-state index in [4.69, 9.17) is 9.73 Å². The van der Waals surface area contributed by atoms with E-state index in [0.29, 0.717) is 33.1 Å². The average Bonchev–Trinajstić information content (AvgIpc) is 3.37. The minimum Gasteiger partial charge on any atom is -0.463 e. The van der Waals surface area contributed by atoms with Crippen molar-refractivity contribution in [2.75, 3.05) is 6.61 Å². The van der Waals surface area contributed by atoms with Gasteiger partial charge in [-0.2, -0.15) is 0 Å². The molecular weight excluding hydrogens is 506 g/mol. The van der Waals surface area contributed by atoms with Gasteiger partial charge in [-0.3, -0.25) is 9.36 Å². The van der Waals surface area contributed by atoms with Crippen molar-refractivity contribution in [3.63, 3.8) is 0 Å². The van der Waals surface area contributed by atoms with Crippen molar-refractivity contribution in [3.8, 4) is 0 Å². The fourth-order valence-electron chi connectivity index (χ4n) is 5.31. The maximum absolute atomic E-state index is 14.1. The van der Waals surface area contributed by atoms with Gasteiger partial charge >= 0.3 is 5.97 Å². The number of para-hydroxylation sites is 1. The standard InChI is InChI=1S/C32H33N3O3S/c1-7-17-34-21(6)25(24-11-9-10-12-26(24)34)18-27-30(36)35-29(23-15-13-22(14-16-23)19(3)4)28(31(37)38-8-2)20(5)33-32(35)39-27/h7,9-16,18-19,29H,1,8,17H2,2-6H3. The van der Waals surface area contributed by atoms with Gasteiger partial charge in [0.25, 0.3) is 5.56 Å². The highest BCUT2D eigenvalue weighted by molar-refractivity contribution is 7.07. The topological polar surface area (TPSA) is 65.6 Å². The van der Waals surface area contributed by atoms with Crippen LogP contribution in [0.1, 0.15) is 62.0 Å². The molecule has 5 rings (SSSR count). The number of carbonyl (C=O) groups is 1. The number of aromatic nitrogens is 2. The predicted octanol–water partition coefficient (Wildman–Crippen LogP) is 5.37. The van der Waals surface area contributed by atoms with E-state index < -0.39 is 12.0 Å². The number of fused-ring (bicyclic) bond motifs is 2. The Morgan fingerprint density at radius 2 is 1.87 bits per heavy atom. The highest BCUT2D eigenvalue weighted by Gasteiger charge is 2.33. The van der Waals surface area contributed by atoms with Crippen molar-refractivity contribution in [1.29, 1.82) is 0 Å². The van der Waals surface area contributed by atoms with Crippen molar-refractivity contribution in [1.82, 2.24) is 9.13 Å². The van der Waals surface area contributed by atoms with E-state index in [-0.39, 0.29) is 12.2 Å². The molecule has 3 heterocycles. The summed E-state index contributed by atoms with van der Waals surface area (Å²) in [6.45, 7) is 14.8. The molecule has 1 aliphatic heterocycles. The van der Waals surface area contributed by atoms with Crippen LogP contribution in [-0.2, 0) is 16.1 Å². The Labute approximate surface area is 231 Å². The van der Waals surface area contributed by atoms with Gasteiger partial charge in [0.2, 0.25) is 0 Å². The molecule has 0 N–H and O–H groups in total. The molecule has 0 bridgehead atoms. The zero-order chi connectivity index (χ0) is 27.8. The monoisotopic (exact) mass is 539 g/mol. The van der Waals surface area contributed by atoms with Crippen molar-refractivity contribution in [2.45, 2.75) is 53.1 Å². The van der Waals surface area contributed by atoms with E-state index in [1.807, 2.05) is 43.3 Å². The summed E-state index contributed by atoms with van der Waals surface area (Å²) in [6.07, 6.45) is 3.84. The second kappa shape index (κ2) is 10.7. The smallest absolute Gasteiger partial charge is 0.338 e. The largest absolute Gasteiger partial charge is 0.463 e. The number of benzene rings is 2. The molecule has 1 atom stereocenters. The Bertz CT molecular complexity index is 1800. The Morgan fingerprint density at radius 1 is 1.15 bits per heavy atom. The Balaban J connectivity index is 1.75. The summed E-state index contributed by atoms with van der Waals surface area (Å²) in [7, 11) is 0. The molecule has 0 amide bonds. The molecule has 39 heavy (non-hydrogen) atoms. The summed E-state index contributed by atoms with van der Waals surface area (Å²) < 4.78 is 9.85. The lowest BCUT2D eigenvalue weighted by Gasteiger charge is -2.25. The number of hydrogen-bond acceptors (Lipinski definition) is 5. The third kappa shape index (κ3) is 4.61. The Hall–Kier alpha value is -3.97. The van der Waals surface area contributed by atoms with Gasteiger partial charge in [-0.15, -0.1) is 6.58 Å². The molecule has 200 valence electrons. The number of allylic oxidation sites excluding steroid dienone is 2. The van der Waals surface area contributed by atoms with Crippen molar-refractivity contribution in [3.05, 3.63) is 115 Å². The molecule has 2 aromatic heterocycles. The van der Waals surface area contributed by atoms with Crippen LogP contribution in [0.15, 0.2) is 82.2 Å². The van der Waals surface area contributed by atoms with E-state index in [1.54, 1.807) is 11.5 Å². The van der Waals surface area contributed by atoms with Crippen LogP contribution in [0.25, 0.3) is 17.0 Å². The summed E-state index contributed by atoms with van der Waals surface area (Å²) >= 11 is 1.35. The second-order valence-corrected chi connectivity index (χ2v) is 11.0. The molecule has 0 saturated heterocycles. The lowest BCUT2D eigenvalue weighted by Crippen LogP contribution is -2.40. The first kappa shape index (κ1) is 26.6. The summed E-state index contributed by atoms with van der Waals surface area (Å²) in [5, 5.41) is 1.08. The summed E-state index contributed by atoms with van der Waals surface area (Å²) in [5.41, 5.74) is 5.98. The normalized spacial score (nSPS) is 15.5. The van der Waals surface area contributed by atoms with Crippen LogP contribution < -0.4 is 14.9 Å². The summed E-state index contributed by atoms with van der Waals surface area (Å²) in [4.78, 5) is 32.5. The van der Waals surface area contributed by atoms with Crippen molar-refractivity contribution < 1.29 is 9.53 Å². The van der Waals surface area contributed by atoms with E-state index in [2.05, 4.69) is 56.2 Å². The van der Waals surface area contributed by atoms with Crippen LogP contribution in [0.5, 0.6) is 0 Å². The molecule has 4 aromatic rings. The minimum atomic E-state index is -0.619. The number of carbonyl (C=O) groups excluding carboxylic acids is 1. The van der Waals surface area contributed by atoms with Gasteiger partial charge in [-0.1, -0.05) is 73.7 Å². The highest BCUT2D eigenvalue weighted by atomic mass is 32.1. The quantitative estimate of drug-likeness (QED) is 0.234. The maximum Gasteiger partial charge on any atom is 0.338 e. The second-order valence-electron chi connectivity index (χ2n) is 10.0. The van der Waals surface area contributed by atoms with Gasteiger partial charge in [0.15, 0.2) is 4.80 Å². The van der Waals surface area contributed by atoms with Gasteiger partial charge < -0.3 is 9.30 Å². The SMILES string of the molecule is C=CCn1c(C)c(C=c2sc3n(c2=O)C(c2ccc(C(C)C)cc2)C(C(=O)OCC)=C(C)N=3)c2ccccc21. The zero-order valence-electron chi connectivity index (χ0n) is 23.0. The van der Waals surface area contributed by atoms with Gasteiger partial charge in [0.1, 0.15) is 0 Å². The van der Waals surface area contributed by atoms with Gasteiger partial charge in [0.05, 0.1) is 28.5 Å². The van der Waals surface area contributed by atoms with E-state index in [1.165, 1.54) is 16.9 Å². The molecule has 2 aromatic carbocycles. The van der Waals surface area contributed by atoms with E-state index >= 15 is 0 Å². The van der Waals surface area contributed by atoms with Gasteiger partial charge in [-0.25, -0.2) is 9.79 Å². The first-order valence-electron chi connectivity index (χ1n) is 13.2. The molecule has 6 nitrogen and oxygen atoms in total. The number of rotatable bonds is 7.